The molecule has 1 aromatic rings. The van der Waals surface area contributed by atoms with Crippen LogP contribution in [0.1, 0.15) is 25.0 Å². The van der Waals surface area contributed by atoms with Crippen molar-refractivity contribution in [2.45, 2.75) is 25.4 Å². The van der Waals surface area contributed by atoms with Gasteiger partial charge >= 0.3 is 0 Å². The highest BCUT2D eigenvalue weighted by molar-refractivity contribution is 5.98. The lowest BCUT2D eigenvalue weighted by atomic mass is 10.1. The van der Waals surface area contributed by atoms with E-state index in [1.807, 2.05) is 30.4 Å². The van der Waals surface area contributed by atoms with Crippen LogP contribution in [0.2, 0.25) is 0 Å². The monoisotopic (exact) mass is 256 g/mol. The molecule has 1 fully saturated rings. The summed E-state index contributed by atoms with van der Waals surface area (Å²) in [6, 6.07) is 3.76. The number of Topliss-reactive ketones (excluding diaryl/α,β-unsaturated/α-hetero) is 1. The van der Waals surface area contributed by atoms with E-state index in [0.29, 0.717) is 6.42 Å². The molecule has 2 atom stereocenters. The molecular formula is C16H16O3. The fourth-order valence-corrected chi connectivity index (χ4v) is 2.49. The summed E-state index contributed by atoms with van der Waals surface area (Å²) >= 11 is 0. The van der Waals surface area contributed by atoms with E-state index in [4.69, 9.17) is 9.15 Å². The van der Waals surface area contributed by atoms with Crippen molar-refractivity contribution in [3.05, 3.63) is 54.2 Å². The Bertz CT molecular complexity index is 526. The van der Waals surface area contributed by atoms with Crippen molar-refractivity contribution in [1.29, 1.82) is 0 Å². The maximum absolute atomic E-state index is 11.9. The second-order valence-electron chi connectivity index (χ2n) is 4.94. The fraction of sp³-hybridized carbons (Fsp3) is 0.312. The zero-order valence-corrected chi connectivity index (χ0v) is 10.6. The maximum atomic E-state index is 11.9. The molecule has 0 radical (unpaired) electrons. The first kappa shape index (κ1) is 12.0. The van der Waals surface area contributed by atoms with Gasteiger partial charge in [0.05, 0.1) is 12.5 Å². The van der Waals surface area contributed by atoms with Gasteiger partial charge in [-0.25, -0.2) is 0 Å². The van der Waals surface area contributed by atoms with E-state index < -0.39 is 0 Å². The molecule has 0 amide bonds. The summed E-state index contributed by atoms with van der Waals surface area (Å²) in [4.78, 5) is 11.9. The van der Waals surface area contributed by atoms with Gasteiger partial charge in [0.15, 0.2) is 5.78 Å². The molecule has 3 heteroatoms. The Kier molecular flexibility index (Phi) is 3.36. The van der Waals surface area contributed by atoms with Crippen LogP contribution in [0.5, 0.6) is 0 Å². The number of ether oxygens (including phenoxy) is 1. The average Bonchev–Trinajstić information content (AvgIpc) is 3.11. The van der Waals surface area contributed by atoms with Crippen molar-refractivity contribution in [1.82, 2.24) is 0 Å². The molecule has 1 aliphatic heterocycles. The minimum absolute atomic E-state index is 0.0479. The highest BCUT2D eigenvalue weighted by Gasteiger charge is 2.26. The molecule has 1 aliphatic carbocycles. The Labute approximate surface area is 112 Å². The Morgan fingerprint density at radius 2 is 2.26 bits per heavy atom. The van der Waals surface area contributed by atoms with Gasteiger partial charge in [-0.1, -0.05) is 6.08 Å². The first-order chi connectivity index (χ1) is 9.31. The van der Waals surface area contributed by atoms with Crippen LogP contribution >= 0.6 is 0 Å². The lowest BCUT2D eigenvalue weighted by Crippen LogP contribution is -2.03. The van der Waals surface area contributed by atoms with E-state index >= 15 is 0 Å². The molecule has 3 nitrogen and oxygen atoms in total. The van der Waals surface area contributed by atoms with E-state index in [0.717, 1.165) is 24.2 Å². The van der Waals surface area contributed by atoms with Gasteiger partial charge in [-0.05, 0) is 48.3 Å². The molecule has 0 saturated heterocycles. The molecule has 19 heavy (non-hydrogen) atoms. The molecular weight excluding hydrogens is 240 g/mol. The summed E-state index contributed by atoms with van der Waals surface area (Å²) in [5.74, 6) is 1.34. The average molecular weight is 256 g/mol. The van der Waals surface area contributed by atoms with E-state index in [1.165, 1.54) is 0 Å². The van der Waals surface area contributed by atoms with Crippen LogP contribution < -0.4 is 0 Å². The van der Waals surface area contributed by atoms with Crippen molar-refractivity contribution < 1.29 is 13.9 Å². The van der Waals surface area contributed by atoms with Crippen molar-refractivity contribution >= 4 is 11.9 Å². The van der Waals surface area contributed by atoms with Crippen LogP contribution in [-0.2, 0) is 9.53 Å². The number of carbonyl (C=O) groups is 1. The topological polar surface area (TPSA) is 39.4 Å². The fourth-order valence-electron chi connectivity index (χ4n) is 2.49. The zero-order chi connectivity index (χ0) is 13.1. The summed E-state index contributed by atoms with van der Waals surface area (Å²) in [5, 5.41) is 0. The molecule has 2 unspecified atom stereocenters. The third-order valence-electron chi connectivity index (χ3n) is 3.47. The summed E-state index contributed by atoms with van der Waals surface area (Å²) in [6.45, 7) is 0. The van der Waals surface area contributed by atoms with E-state index in [-0.39, 0.29) is 17.8 Å². The number of carbonyl (C=O) groups excluding carboxylic acids is 1. The normalized spacial score (nSPS) is 28.6. The molecule has 98 valence electrons. The van der Waals surface area contributed by atoms with Crippen molar-refractivity contribution in [2.24, 2.45) is 5.92 Å². The lowest BCUT2D eigenvalue weighted by molar-refractivity contribution is -0.114. The van der Waals surface area contributed by atoms with Crippen molar-refractivity contribution in [3.8, 4) is 0 Å². The lowest BCUT2D eigenvalue weighted by Gasteiger charge is -2.05. The van der Waals surface area contributed by atoms with Gasteiger partial charge in [0, 0.05) is 12.8 Å². The largest absolute Gasteiger partial charge is 0.494 e. The Morgan fingerprint density at radius 1 is 1.32 bits per heavy atom. The van der Waals surface area contributed by atoms with Crippen LogP contribution in [0, 0.1) is 5.92 Å². The molecule has 3 rings (SSSR count). The second-order valence-corrected chi connectivity index (χ2v) is 4.94. The molecule has 2 heterocycles. The Morgan fingerprint density at radius 3 is 3.00 bits per heavy atom. The Hall–Kier alpha value is -2.03. The number of rotatable bonds is 3. The molecule has 0 N–H and O–H groups in total. The van der Waals surface area contributed by atoms with E-state index in [2.05, 4.69) is 6.08 Å². The zero-order valence-electron chi connectivity index (χ0n) is 10.6. The summed E-state index contributed by atoms with van der Waals surface area (Å²) in [7, 11) is 0. The van der Waals surface area contributed by atoms with Crippen molar-refractivity contribution in [2.75, 3.05) is 0 Å². The van der Waals surface area contributed by atoms with Gasteiger partial charge in [0.1, 0.15) is 11.9 Å². The van der Waals surface area contributed by atoms with Crippen LogP contribution in [0.4, 0.5) is 0 Å². The van der Waals surface area contributed by atoms with Crippen LogP contribution in [0.15, 0.2) is 52.9 Å². The molecule has 2 aliphatic rings. The summed E-state index contributed by atoms with van der Waals surface area (Å²) < 4.78 is 10.6. The van der Waals surface area contributed by atoms with Gasteiger partial charge in [0.25, 0.3) is 0 Å². The van der Waals surface area contributed by atoms with Gasteiger partial charge in [-0.3, -0.25) is 4.79 Å². The van der Waals surface area contributed by atoms with Gasteiger partial charge in [-0.2, -0.15) is 0 Å². The maximum Gasteiger partial charge on any atom is 0.159 e. The minimum Gasteiger partial charge on any atom is -0.494 e. The SMILES string of the molecule is O=C1CC(/C=C\c2ccco2)C/C1=C\C1CC=CO1. The van der Waals surface area contributed by atoms with Crippen molar-refractivity contribution in [3.63, 3.8) is 0 Å². The van der Waals surface area contributed by atoms with Crippen LogP contribution in [0.25, 0.3) is 6.08 Å². The summed E-state index contributed by atoms with van der Waals surface area (Å²) in [6.07, 6.45) is 13.6. The molecule has 0 bridgehead atoms. The van der Waals surface area contributed by atoms with Crippen LogP contribution in [0.3, 0.4) is 0 Å². The summed E-state index contributed by atoms with van der Waals surface area (Å²) in [5.41, 5.74) is 0.905. The van der Waals surface area contributed by atoms with Gasteiger partial charge in [0.2, 0.25) is 0 Å². The highest BCUT2D eigenvalue weighted by Crippen LogP contribution is 2.30. The molecule has 0 spiro atoms. The molecule has 0 aromatic carbocycles. The number of ketones is 1. The first-order valence-electron chi connectivity index (χ1n) is 6.57. The standard InChI is InChI=1S/C16H16O3/c17-16-10-12(5-6-14-3-1-7-18-14)9-13(16)11-15-4-2-8-19-15/h1-3,5-8,11-12,15H,4,9-10H2/b6-5-,13-11+. The molecule has 1 aromatic heterocycles. The highest BCUT2D eigenvalue weighted by atomic mass is 16.5. The van der Waals surface area contributed by atoms with E-state index in [9.17, 15) is 4.79 Å². The number of hydrogen-bond donors (Lipinski definition) is 0. The van der Waals surface area contributed by atoms with E-state index in [1.54, 1.807) is 12.5 Å². The third-order valence-corrected chi connectivity index (χ3v) is 3.47. The van der Waals surface area contributed by atoms with Gasteiger partial charge < -0.3 is 9.15 Å². The first-order valence-corrected chi connectivity index (χ1v) is 6.57. The smallest absolute Gasteiger partial charge is 0.159 e. The third kappa shape index (κ3) is 2.87. The number of furan rings is 1. The molecule has 1 saturated carbocycles. The minimum atomic E-state index is 0.0479. The quantitative estimate of drug-likeness (QED) is 0.777. The Balaban J connectivity index is 1.63. The van der Waals surface area contributed by atoms with Crippen LogP contribution in [-0.4, -0.2) is 11.9 Å². The second kappa shape index (κ2) is 5.31. The number of allylic oxidation sites excluding steroid dienone is 2. The predicted molar refractivity (Wildman–Crippen MR) is 72.2 cm³/mol. The predicted octanol–water partition coefficient (Wildman–Crippen LogP) is 3.50. The number of hydrogen-bond acceptors (Lipinski definition) is 3. The van der Waals surface area contributed by atoms with Gasteiger partial charge in [-0.15, -0.1) is 0 Å².